The van der Waals surface area contributed by atoms with Crippen molar-refractivity contribution >= 4 is 33.7 Å². The van der Waals surface area contributed by atoms with Gasteiger partial charge in [-0.05, 0) is 45.8 Å². The molecule has 0 aromatic heterocycles. The van der Waals surface area contributed by atoms with Crippen molar-refractivity contribution in [2.45, 2.75) is 0 Å². The molecule has 0 aliphatic carbocycles. The maximum atomic E-state index is 9.50. The summed E-state index contributed by atoms with van der Waals surface area (Å²) < 4.78 is 22.8. The zero-order valence-corrected chi connectivity index (χ0v) is 21.8. The third-order valence-corrected chi connectivity index (χ3v) is 6.03. The Morgan fingerprint density at radius 2 is 1.00 bits per heavy atom. The number of nitriles is 4. The van der Waals surface area contributed by atoms with Crippen LogP contribution in [0.15, 0.2) is 71.8 Å². The smallest absolute Gasteiger partial charge is 0.188 e. The van der Waals surface area contributed by atoms with Crippen molar-refractivity contribution < 1.29 is 18.9 Å². The molecule has 4 aromatic carbocycles. The maximum absolute atomic E-state index is 9.50. The second kappa shape index (κ2) is 12.7. The molecule has 4 aromatic rings. The molecule has 0 bridgehead atoms. The monoisotopic (exact) mass is 526 g/mol. The summed E-state index contributed by atoms with van der Waals surface area (Å²) in [5.74, 6) is 0.718. The highest BCUT2D eigenvalue weighted by Crippen LogP contribution is 2.49. The van der Waals surface area contributed by atoms with E-state index in [9.17, 15) is 21.0 Å². The Morgan fingerprint density at radius 3 is 1.35 bits per heavy atom. The fraction of sp³-hybridized carbons (Fsp3) is 0.125. The van der Waals surface area contributed by atoms with Gasteiger partial charge in [0.1, 0.15) is 46.9 Å². The second-order valence-electron chi connectivity index (χ2n) is 8.45. The highest BCUT2D eigenvalue weighted by Gasteiger charge is 2.24. The first-order chi connectivity index (χ1) is 19.6. The highest BCUT2D eigenvalue weighted by atomic mass is 16.7. The van der Waals surface area contributed by atoms with Crippen LogP contribution < -0.4 is 9.47 Å². The summed E-state index contributed by atoms with van der Waals surface area (Å²) in [5.41, 5.74) is 2.00. The van der Waals surface area contributed by atoms with Gasteiger partial charge >= 0.3 is 0 Å². The summed E-state index contributed by atoms with van der Waals surface area (Å²) in [5, 5.41) is 41.3. The standard InChI is InChI=1S/C32H22N4O4/c1-37-19-39-31-25(11-21(15-33)16-34)13-23-7-3-5-9-27(23)29(31)30-28-10-6-4-8-24(28)14-26(12-22(17-35)18-36)32(30)40-20-38-2/h3-14H,19-20H2,1-2H3. The zero-order chi connectivity index (χ0) is 28.5. The van der Waals surface area contributed by atoms with Gasteiger partial charge in [-0.2, -0.15) is 21.0 Å². The highest BCUT2D eigenvalue weighted by molar-refractivity contribution is 6.12. The Kier molecular flexibility index (Phi) is 8.73. The van der Waals surface area contributed by atoms with Gasteiger partial charge in [0.05, 0.1) is 0 Å². The molecule has 0 radical (unpaired) electrons. The summed E-state index contributed by atoms with van der Waals surface area (Å²) in [7, 11) is 2.98. The van der Waals surface area contributed by atoms with Crippen LogP contribution in [-0.4, -0.2) is 27.8 Å². The van der Waals surface area contributed by atoms with Gasteiger partial charge in [-0.25, -0.2) is 0 Å². The minimum absolute atomic E-state index is 0.103. The lowest BCUT2D eigenvalue weighted by atomic mass is 9.88. The lowest BCUT2D eigenvalue weighted by Crippen LogP contribution is -2.06. The van der Waals surface area contributed by atoms with Crippen LogP contribution in [0.1, 0.15) is 11.1 Å². The Bertz CT molecular complexity index is 1660. The van der Waals surface area contributed by atoms with E-state index in [0.717, 1.165) is 21.5 Å². The van der Waals surface area contributed by atoms with Gasteiger partial charge in [-0.3, -0.25) is 0 Å². The second-order valence-corrected chi connectivity index (χ2v) is 8.45. The molecular formula is C32H22N4O4. The SMILES string of the molecule is COCOc1c(C=C(C#N)C#N)cc2ccccc2c1-c1c(OCOC)c(C=C(C#N)C#N)cc2ccccc12. The minimum Gasteiger partial charge on any atom is -0.466 e. The molecule has 8 nitrogen and oxygen atoms in total. The number of nitrogens with zero attached hydrogens (tertiary/aromatic N) is 4. The Hall–Kier alpha value is -5.64. The largest absolute Gasteiger partial charge is 0.466 e. The van der Waals surface area contributed by atoms with Crippen molar-refractivity contribution in [3.8, 4) is 46.9 Å². The van der Waals surface area contributed by atoms with Crippen LogP contribution in [0, 0.1) is 45.3 Å². The quantitative estimate of drug-likeness (QED) is 0.179. The summed E-state index contributed by atoms with van der Waals surface area (Å²) in [6.07, 6.45) is 2.93. The molecule has 0 aliphatic heterocycles. The predicted molar refractivity (Wildman–Crippen MR) is 150 cm³/mol. The fourth-order valence-corrected chi connectivity index (χ4v) is 4.45. The van der Waals surface area contributed by atoms with Gasteiger partial charge in [0.15, 0.2) is 13.6 Å². The number of methoxy groups -OCH3 is 2. The molecule has 40 heavy (non-hydrogen) atoms. The van der Waals surface area contributed by atoms with Crippen LogP contribution in [0.2, 0.25) is 0 Å². The molecule has 0 N–H and O–H groups in total. The van der Waals surface area contributed by atoms with Crippen LogP contribution in [-0.2, 0) is 9.47 Å². The number of benzene rings is 4. The van der Waals surface area contributed by atoms with Crippen molar-refractivity contribution in [2.24, 2.45) is 0 Å². The Balaban J connectivity index is 2.29. The van der Waals surface area contributed by atoms with E-state index in [1.165, 1.54) is 26.4 Å². The van der Waals surface area contributed by atoms with E-state index < -0.39 is 0 Å². The van der Waals surface area contributed by atoms with E-state index in [1.807, 2.05) is 84.9 Å². The van der Waals surface area contributed by atoms with Crippen LogP contribution in [0.3, 0.4) is 0 Å². The topological polar surface area (TPSA) is 132 Å². The number of hydrogen-bond donors (Lipinski definition) is 0. The first-order valence-electron chi connectivity index (χ1n) is 12.0. The average Bonchev–Trinajstić information content (AvgIpc) is 2.99. The lowest BCUT2D eigenvalue weighted by molar-refractivity contribution is 0.0500. The van der Waals surface area contributed by atoms with E-state index in [4.69, 9.17) is 18.9 Å². The van der Waals surface area contributed by atoms with Crippen LogP contribution in [0.5, 0.6) is 11.5 Å². The van der Waals surface area contributed by atoms with Crippen LogP contribution in [0.25, 0.3) is 44.8 Å². The minimum atomic E-state index is -0.112. The van der Waals surface area contributed by atoms with Crippen molar-refractivity contribution in [1.82, 2.24) is 0 Å². The molecule has 0 unspecified atom stereocenters. The van der Waals surface area contributed by atoms with E-state index in [0.29, 0.717) is 33.8 Å². The van der Waals surface area contributed by atoms with Gasteiger partial charge in [-0.15, -0.1) is 0 Å². The summed E-state index contributed by atoms with van der Waals surface area (Å²) >= 11 is 0. The molecule has 4 rings (SSSR count). The fourth-order valence-electron chi connectivity index (χ4n) is 4.45. The molecule has 8 heteroatoms. The first kappa shape index (κ1) is 27.4. The molecule has 0 saturated heterocycles. The lowest BCUT2D eigenvalue weighted by Gasteiger charge is -2.22. The molecule has 0 aliphatic rings. The third-order valence-electron chi connectivity index (χ3n) is 6.03. The Labute approximate surface area is 231 Å². The Morgan fingerprint density at radius 1 is 0.625 bits per heavy atom. The molecule has 194 valence electrons. The number of fused-ring (bicyclic) bond motifs is 2. The molecule has 0 heterocycles. The predicted octanol–water partition coefficient (Wildman–Crippen LogP) is 6.49. The van der Waals surface area contributed by atoms with E-state index in [-0.39, 0.29) is 24.7 Å². The molecule has 0 saturated carbocycles. The maximum Gasteiger partial charge on any atom is 0.188 e. The molecule has 0 fully saturated rings. The van der Waals surface area contributed by atoms with Crippen LogP contribution in [0.4, 0.5) is 0 Å². The number of rotatable bonds is 9. The average molecular weight is 527 g/mol. The van der Waals surface area contributed by atoms with Gasteiger partial charge in [0.2, 0.25) is 0 Å². The van der Waals surface area contributed by atoms with Crippen molar-refractivity contribution in [2.75, 3.05) is 27.8 Å². The third kappa shape index (κ3) is 5.46. The number of allylic oxidation sites excluding steroid dienone is 2. The summed E-state index contributed by atoms with van der Waals surface area (Å²) in [6.45, 7) is -0.223. The van der Waals surface area contributed by atoms with E-state index >= 15 is 0 Å². The molecule has 0 spiro atoms. The zero-order valence-electron chi connectivity index (χ0n) is 21.8. The van der Waals surface area contributed by atoms with Crippen molar-refractivity contribution in [1.29, 1.82) is 21.0 Å². The number of ether oxygens (including phenoxy) is 4. The van der Waals surface area contributed by atoms with Gasteiger partial charge in [0.25, 0.3) is 0 Å². The molecule has 0 amide bonds. The van der Waals surface area contributed by atoms with Crippen LogP contribution >= 0.6 is 0 Å². The summed E-state index contributed by atoms with van der Waals surface area (Å²) in [6, 6.07) is 26.5. The number of hydrogen-bond acceptors (Lipinski definition) is 8. The molecular weight excluding hydrogens is 504 g/mol. The van der Waals surface area contributed by atoms with Gasteiger partial charge in [0, 0.05) is 36.5 Å². The molecule has 0 atom stereocenters. The first-order valence-corrected chi connectivity index (χ1v) is 12.0. The normalized spacial score (nSPS) is 10.1. The van der Waals surface area contributed by atoms with Gasteiger partial charge < -0.3 is 18.9 Å². The van der Waals surface area contributed by atoms with E-state index in [1.54, 1.807) is 0 Å². The van der Waals surface area contributed by atoms with E-state index in [2.05, 4.69) is 0 Å². The summed E-state index contributed by atoms with van der Waals surface area (Å²) in [4.78, 5) is 0. The van der Waals surface area contributed by atoms with Crippen molar-refractivity contribution in [3.05, 3.63) is 82.9 Å². The van der Waals surface area contributed by atoms with Gasteiger partial charge in [-0.1, -0.05) is 48.5 Å². The van der Waals surface area contributed by atoms with Crippen molar-refractivity contribution in [3.63, 3.8) is 0 Å².